The van der Waals surface area contributed by atoms with Crippen molar-refractivity contribution < 1.29 is 14.4 Å². The summed E-state index contributed by atoms with van der Waals surface area (Å²) >= 11 is 1.40. The lowest BCUT2D eigenvalue weighted by molar-refractivity contribution is -0.130. The van der Waals surface area contributed by atoms with Crippen LogP contribution in [0.25, 0.3) is 0 Å². The standard InChI is InChI=1S/C17H16N2O3S/c1-11-6-3-4-7-12(11)13(20)10-19-15(21)17(2,18-16(19)22)14-8-5-9-23-14/h3-9H,10H2,1-2H3,(H,18,22)/t17-/m0/s1. The Morgan fingerprint density at radius 3 is 2.61 bits per heavy atom. The van der Waals surface area contributed by atoms with E-state index in [1.165, 1.54) is 11.3 Å². The highest BCUT2D eigenvalue weighted by Gasteiger charge is 2.50. The van der Waals surface area contributed by atoms with Gasteiger partial charge in [0.1, 0.15) is 0 Å². The number of hydrogen-bond acceptors (Lipinski definition) is 4. The molecular weight excluding hydrogens is 312 g/mol. The molecule has 1 aliphatic rings. The third-order valence-electron chi connectivity index (χ3n) is 4.04. The van der Waals surface area contributed by atoms with E-state index in [0.717, 1.165) is 15.3 Å². The summed E-state index contributed by atoms with van der Waals surface area (Å²) in [5, 5.41) is 4.55. The average Bonchev–Trinajstić information content (AvgIpc) is 3.12. The molecule has 2 aromatic rings. The van der Waals surface area contributed by atoms with Crippen LogP contribution < -0.4 is 5.32 Å². The number of hydrogen-bond donors (Lipinski definition) is 1. The van der Waals surface area contributed by atoms with Gasteiger partial charge in [-0.3, -0.25) is 14.5 Å². The molecule has 3 rings (SSSR count). The Balaban J connectivity index is 1.84. The van der Waals surface area contributed by atoms with Crippen LogP contribution in [0.5, 0.6) is 0 Å². The summed E-state index contributed by atoms with van der Waals surface area (Å²) in [6.45, 7) is 3.24. The third kappa shape index (κ3) is 2.55. The lowest BCUT2D eigenvalue weighted by Crippen LogP contribution is -2.40. The highest BCUT2D eigenvalue weighted by atomic mass is 32.1. The molecule has 0 bridgehead atoms. The zero-order valence-corrected chi connectivity index (χ0v) is 13.6. The van der Waals surface area contributed by atoms with Gasteiger partial charge in [0.15, 0.2) is 11.3 Å². The maximum atomic E-state index is 12.7. The summed E-state index contributed by atoms with van der Waals surface area (Å²) in [7, 11) is 0. The molecule has 3 amide bonds. The predicted molar refractivity (Wildman–Crippen MR) is 87.4 cm³/mol. The molecule has 1 atom stereocenters. The number of amides is 3. The van der Waals surface area contributed by atoms with Crippen LogP contribution in [0.4, 0.5) is 4.79 Å². The molecule has 1 aliphatic heterocycles. The van der Waals surface area contributed by atoms with Crippen molar-refractivity contribution in [2.45, 2.75) is 19.4 Å². The minimum absolute atomic E-state index is 0.248. The number of aryl methyl sites for hydroxylation is 1. The molecule has 0 spiro atoms. The van der Waals surface area contributed by atoms with Crippen molar-refractivity contribution in [1.29, 1.82) is 0 Å². The molecule has 0 saturated carbocycles. The first kappa shape index (κ1) is 15.4. The average molecular weight is 328 g/mol. The number of imide groups is 1. The van der Waals surface area contributed by atoms with Crippen molar-refractivity contribution >= 4 is 29.1 Å². The van der Waals surface area contributed by atoms with Gasteiger partial charge < -0.3 is 5.32 Å². The van der Waals surface area contributed by atoms with Crippen LogP contribution in [-0.2, 0) is 10.3 Å². The van der Waals surface area contributed by atoms with Crippen molar-refractivity contribution in [3.63, 3.8) is 0 Å². The van der Waals surface area contributed by atoms with Crippen LogP contribution in [0, 0.1) is 6.92 Å². The topological polar surface area (TPSA) is 66.5 Å². The predicted octanol–water partition coefficient (Wildman–Crippen LogP) is 2.71. The van der Waals surface area contributed by atoms with Gasteiger partial charge in [-0.05, 0) is 30.9 Å². The Morgan fingerprint density at radius 1 is 1.22 bits per heavy atom. The van der Waals surface area contributed by atoms with Crippen molar-refractivity contribution in [2.24, 2.45) is 0 Å². The minimum atomic E-state index is -1.10. The Labute approximate surface area is 137 Å². The third-order valence-corrected chi connectivity index (χ3v) is 5.13. The number of carbonyl (C=O) groups excluding carboxylic acids is 3. The number of nitrogens with zero attached hydrogens (tertiary/aromatic N) is 1. The Hall–Kier alpha value is -2.47. The molecule has 5 nitrogen and oxygen atoms in total. The quantitative estimate of drug-likeness (QED) is 0.693. The number of carbonyl (C=O) groups is 3. The first-order valence-electron chi connectivity index (χ1n) is 7.20. The number of urea groups is 1. The fourth-order valence-corrected chi connectivity index (χ4v) is 3.52. The number of thiophene rings is 1. The fraction of sp³-hybridized carbons (Fsp3) is 0.235. The van der Waals surface area contributed by atoms with Gasteiger partial charge in [0.05, 0.1) is 6.54 Å². The highest BCUT2D eigenvalue weighted by Crippen LogP contribution is 2.31. The Bertz CT molecular complexity index is 785. The van der Waals surface area contributed by atoms with Crippen molar-refractivity contribution in [2.75, 3.05) is 6.54 Å². The number of nitrogens with one attached hydrogen (secondary N) is 1. The van der Waals surface area contributed by atoms with E-state index in [1.807, 2.05) is 30.5 Å². The molecule has 118 valence electrons. The SMILES string of the molecule is Cc1ccccc1C(=O)CN1C(=O)N[C@@](C)(c2cccs2)C1=O. The second kappa shape index (κ2) is 5.62. The van der Waals surface area contributed by atoms with Gasteiger partial charge >= 0.3 is 6.03 Å². The molecule has 1 aromatic heterocycles. The van der Waals surface area contributed by atoms with E-state index in [4.69, 9.17) is 0 Å². The van der Waals surface area contributed by atoms with Crippen molar-refractivity contribution in [3.05, 3.63) is 57.8 Å². The van der Waals surface area contributed by atoms with Crippen LogP contribution in [0.2, 0.25) is 0 Å². The van der Waals surface area contributed by atoms with E-state index >= 15 is 0 Å². The molecule has 2 heterocycles. The van der Waals surface area contributed by atoms with Gasteiger partial charge in [-0.15, -0.1) is 11.3 Å². The monoisotopic (exact) mass is 328 g/mol. The molecule has 1 saturated heterocycles. The van der Waals surface area contributed by atoms with E-state index in [1.54, 1.807) is 25.1 Å². The van der Waals surface area contributed by atoms with E-state index in [-0.39, 0.29) is 12.3 Å². The van der Waals surface area contributed by atoms with Crippen LogP contribution >= 0.6 is 11.3 Å². The smallest absolute Gasteiger partial charge is 0.319 e. The maximum Gasteiger partial charge on any atom is 0.325 e. The summed E-state index contributed by atoms with van der Waals surface area (Å²) in [6, 6.07) is 10.2. The summed E-state index contributed by atoms with van der Waals surface area (Å²) in [5.74, 6) is -0.645. The second-order valence-electron chi connectivity index (χ2n) is 5.66. The first-order chi connectivity index (χ1) is 10.9. The second-order valence-corrected chi connectivity index (χ2v) is 6.61. The molecular formula is C17H16N2O3S. The van der Waals surface area contributed by atoms with Gasteiger partial charge in [0.2, 0.25) is 0 Å². The molecule has 1 aromatic carbocycles. The minimum Gasteiger partial charge on any atom is -0.319 e. The van der Waals surface area contributed by atoms with Crippen LogP contribution in [0.15, 0.2) is 41.8 Å². The van der Waals surface area contributed by atoms with Crippen LogP contribution in [-0.4, -0.2) is 29.2 Å². The molecule has 0 aliphatic carbocycles. The van der Waals surface area contributed by atoms with Crippen molar-refractivity contribution in [1.82, 2.24) is 10.2 Å². The summed E-state index contributed by atoms with van der Waals surface area (Å²) in [4.78, 5) is 39.1. The van der Waals surface area contributed by atoms with Gasteiger partial charge in [-0.2, -0.15) is 0 Å². The van der Waals surface area contributed by atoms with E-state index in [0.29, 0.717) is 5.56 Å². The van der Waals surface area contributed by atoms with Crippen molar-refractivity contribution in [3.8, 4) is 0 Å². The Kier molecular flexibility index (Phi) is 3.77. The van der Waals surface area contributed by atoms with Gasteiger partial charge in [0, 0.05) is 10.4 Å². The van der Waals surface area contributed by atoms with E-state index < -0.39 is 17.5 Å². The summed E-state index contributed by atoms with van der Waals surface area (Å²) in [5.41, 5.74) is 0.250. The first-order valence-corrected chi connectivity index (χ1v) is 8.08. The molecule has 6 heteroatoms. The number of benzene rings is 1. The molecule has 0 radical (unpaired) electrons. The maximum absolute atomic E-state index is 12.7. The van der Waals surface area contributed by atoms with Crippen LogP contribution in [0.3, 0.4) is 0 Å². The number of Topliss-reactive ketones (excluding diaryl/α,β-unsaturated/α-hetero) is 1. The highest BCUT2D eigenvalue weighted by molar-refractivity contribution is 7.10. The lowest BCUT2D eigenvalue weighted by atomic mass is 10.00. The lowest BCUT2D eigenvalue weighted by Gasteiger charge is -2.20. The van der Waals surface area contributed by atoms with Gasteiger partial charge in [-0.25, -0.2) is 4.79 Å². The zero-order valence-electron chi connectivity index (χ0n) is 12.8. The number of ketones is 1. The molecule has 23 heavy (non-hydrogen) atoms. The zero-order chi connectivity index (χ0) is 16.6. The van der Waals surface area contributed by atoms with E-state index in [9.17, 15) is 14.4 Å². The van der Waals surface area contributed by atoms with Crippen LogP contribution in [0.1, 0.15) is 27.7 Å². The Morgan fingerprint density at radius 2 is 1.96 bits per heavy atom. The molecule has 0 unspecified atom stereocenters. The fourth-order valence-electron chi connectivity index (χ4n) is 2.69. The van der Waals surface area contributed by atoms with Gasteiger partial charge in [-0.1, -0.05) is 30.3 Å². The largest absolute Gasteiger partial charge is 0.325 e. The molecule has 1 fully saturated rings. The summed E-state index contributed by atoms with van der Waals surface area (Å²) in [6.07, 6.45) is 0. The normalized spacial score (nSPS) is 20.7. The molecule has 1 N–H and O–H groups in total. The number of rotatable bonds is 4. The summed E-state index contributed by atoms with van der Waals surface area (Å²) < 4.78 is 0. The van der Waals surface area contributed by atoms with E-state index in [2.05, 4.69) is 5.32 Å². The van der Waals surface area contributed by atoms with Gasteiger partial charge in [0.25, 0.3) is 5.91 Å².